The van der Waals surface area contributed by atoms with Crippen molar-refractivity contribution < 1.29 is 4.79 Å². The molecule has 0 heterocycles. The number of hydrogen-bond acceptors (Lipinski definition) is 1. The van der Waals surface area contributed by atoms with Crippen LogP contribution < -0.4 is 0 Å². The molecule has 0 aromatic carbocycles. The van der Waals surface area contributed by atoms with Gasteiger partial charge in [-0.25, -0.2) is 0 Å². The van der Waals surface area contributed by atoms with Crippen molar-refractivity contribution in [3.8, 4) is 0 Å². The summed E-state index contributed by atoms with van der Waals surface area (Å²) < 4.78 is 0. The predicted octanol–water partition coefficient (Wildman–Crippen LogP) is 5.42. The van der Waals surface area contributed by atoms with Crippen LogP contribution in [-0.4, -0.2) is 14.4 Å². The van der Waals surface area contributed by atoms with Crippen molar-refractivity contribution in [2.75, 3.05) is 0 Å². The van der Waals surface area contributed by atoms with Crippen LogP contribution in [-0.2, 0) is 4.79 Å². The second-order valence-corrected chi connectivity index (χ2v) is 10.5. The van der Waals surface area contributed by atoms with E-state index in [4.69, 9.17) is 0 Å². The van der Waals surface area contributed by atoms with E-state index < -0.39 is 8.07 Å². The van der Waals surface area contributed by atoms with Crippen LogP contribution >= 0.6 is 0 Å². The number of rotatable bonds is 12. The van der Waals surface area contributed by atoms with Gasteiger partial charge in [-0.3, -0.25) is 0 Å². The number of carbonyl (C=O) groups is 1. The van der Waals surface area contributed by atoms with Crippen LogP contribution in [0.3, 0.4) is 0 Å². The molecule has 17 heavy (non-hydrogen) atoms. The Hall–Kier alpha value is -0.113. The van der Waals surface area contributed by atoms with Crippen LogP contribution in [0.5, 0.6) is 0 Å². The van der Waals surface area contributed by atoms with E-state index >= 15 is 0 Å². The summed E-state index contributed by atoms with van der Waals surface area (Å²) in [6, 6.07) is 5.67. The number of aldehydes is 1. The third-order valence-electron chi connectivity index (χ3n) is 3.97. The van der Waals surface area contributed by atoms with Crippen molar-refractivity contribution in [1.82, 2.24) is 0 Å². The van der Waals surface area contributed by atoms with Crippen molar-refractivity contribution in [2.24, 2.45) is 0 Å². The van der Waals surface area contributed by atoms with Gasteiger partial charge in [0.2, 0.25) is 0 Å². The van der Waals surface area contributed by atoms with Gasteiger partial charge >= 0.3 is 0 Å². The van der Waals surface area contributed by atoms with Crippen molar-refractivity contribution in [1.29, 1.82) is 0 Å². The van der Waals surface area contributed by atoms with Gasteiger partial charge in [0.1, 0.15) is 6.29 Å². The van der Waals surface area contributed by atoms with Crippen LogP contribution in [0.25, 0.3) is 0 Å². The van der Waals surface area contributed by atoms with E-state index in [-0.39, 0.29) is 0 Å². The van der Waals surface area contributed by atoms with Gasteiger partial charge in [0, 0.05) is 6.42 Å². The summed E-state index contributed by atoms with van der Waals surface area (Å²) in [5.74, 6) is 0. The molecule has 0 rings (SSSR count). The maximum atomic E-state index is 10.7. The van der Waals surface area contributed by atoms with Crippen molar-refractivity contribution in [2.45, 2.75) is 89.9 Å². The van der Waals surface area contributed by atoms with Crippen LogP contribution in [0.15, 0.2) is 0 Å². The van der Waals surface area contributed by atoms with E-state index in [1.165, 1.54) is 62.7 Å². The van der Waals surface area contributed by atoms with E-state index in [1.807, 2.05) is 0 Å². The number of carbonyl (C=O) groups excluding carboxylic acids is 1. The Kier molecular flexibility index (Phi) is 10.9. The SMILES string of the molecule is CCCC[Si](CCC=O)(CCCC)CCCC. The van der Waals surface area contributed by atoms with Crippen molar-refractivity contribution in [3.63, 3.8) is 0 Å². The first kappa shape index (κ1) is 16.9. The number of hydrogen-bond donors (Lipinski definition) is 0. The maximum absolute atomic E-state index is 10.7. The monoisotopic (exact) mass is 256 g/mol. The molecule has 0 spiro atoms. The van der Waals surface area contributed by atoms with Crippen LogP contribution in [0.4, 0.5) is 0 Å². The largest absolute Gasteiger partial charge is 0.303 e. The Morgan fingerprint density at radius 3 is 1.47 bits per heavy atom. The molecule has 0 N–H and O–H groups in total. The Labute approximate surface area is 109 Å². The zero-order valence-electron chi connectivity index (χ0n) is 12.3. The van der Waals surface area contributed by atoms with Gasteiger partial charge in [0.05, 0.1) is 8.07 Å². The first-order chi connectivity index (χ1) is 8.24. The fraction of sp³-hybridized carbons (Fsp3) is 0.933. The van der Waals surface area contributed by atoms with Gasteiger partial charge < -0.3 is 4.79 Å². The summed E-state index contributed by atoms with van der Waals surface area (Å²) in [4.78, 5) is 10.7. The quantitative estimate of drug-likeness (QED) is 0.336. The second-order valence-electron chi connectivity index (χ2n) is 5.52. The molecule has 2 heteroatoms. The van der Waals surface area contributed by atoms with E-state index in [0.29, 0.717) is 0 Å². The highest BCUT2D eigenvalue weighted by Gasteiger charge is 2.29. The van der Waals surface area contributed by atoms with E-state index in [1.54, 1.807) is 0 Å². The zero-order chi connectivity index (χ0) is 13.0. The Morgan fingerprint density at radius 1 is 0.765 bits per heavy atom. The summed E-state index contributed by atoms with van der Waals surface area (Å²) in [5, 5.41) is 0. The molecule has 102 valence electrons. The van der Waals surface area contributed by atoms with E-state index in [9.17, 15) is 4.79 Å². The van der Waals surface area contributed by atoms with E-state index in [2.05, 4.69) is 20.8 Å². The molecule has 1 nitrogen and oxygen atoms in total. The molecule has 0 amide bonds. The molecule has 0 bridgehead atoms. The summed E-state index contributed by atoms with van der Waals surface area (Å²) in [6.45, 7) is 6.87. The van der Waals surface area contributed by atoms with Crippen LogP contribution in [0.2, 0.25) is 24.2 Å². The normalized spacial score (nSPS) is 11.7. The third kappa shape index (κ3) is 7.75. The van der Waals surface area contributed by atoms with Crippen LogP contribution in [0, 0.1) is 0 Å². The molecule has 0 aromatic heterocycles. The lowest BCUT2D eigenvalue weighted by atomic mass is 10.4. The lowest BCUT2D eigenvalue weighted by molar-refractivity contribution is -0.107. The minimum absolute atomic E-state index is 0.823. The number of unbranched alkanes of at least 4 members (excludes halogenated alkanes) is 3. The first-order valence-corrected chi connectivity index (χ1v) is 10.5. The van der Waals surface area contributed by atoms with Gasteiger partial charge in [-0.1, -0.05) is 83.5 Å². The molecule has 0 fully saturated rings. The topological polar surface area (TPSA) is 17.1 Å². The molecule has 0 atom stereocenters. The maximum Gasteiger partial charge on any atom is 0.119 e. The molecule has 0 unspecified atom stereocenters. The fourth-order valence-electron chi connectivity index (χ4n) is 2.77. The lowest BCUT2D eigenvalue weighted by Gasteiger charge is -2.32. The van der Waals surface area contributed by atoms with Gasteiger partial charge in [-0.05, 0) is 0 Å². The standard InChI is InChI=1S/C15H32OSi/c1-4-7-12-17(13-8-5-2,14-9-6-3)15-10-11-16/h11H,4-10,12-15H2,1-3H3. The molecular formula is C15H32OSi. The second kappa shape index (κ2) is 11.0. The molecule has 0 aromatic rings. The summed E-state index contributed by atoms with van der Waals surface area (Å²) in [6.07, 6.45) is 10.1. The average molecular weight is 257 g/mol. The zero-order valence-corrected chi connectivity index (χ0v) is 13.3. The van der Waals surface area contributed by atoms with Gasteiger partial charge in [-0.15, -0.1) is 0 Å². The fourth-order valence-corrected chi connectivity index (χ4v) is 8.31. The molecule has 0 saturated heterocycles. The van der Waals surface area contributed by atoms with Gasteiger partial charge in [-0.2, -0.15) is 0 Å². The molecule has 0 saturated carbocycles. The third-order valence-corrected chi connectivity index (χ3v) is 9.57. The summed E-state index contributed by atoms with van der Waals surface area (Å²) in [7, 11) is -1.11. The average Bonchev–Trinajstić information content (AvgIpc) is 2.37. The highest BCUT2D eigenvalue weighted by atomic mass is 28.3. The molecule has 0 aliphatic carbocycles. The van der Waals surface area contributed by atoms with Crippen molar-refractivity contribution in [3.05, 3.63) is 0 Å². The smallest absolute Gasteiger partial charge is 0.119 e. The highest BCUT2D eigenvalue weighted by molar-refractivity contribution is 6.80. The first-order valence-electron chi connectivity index (χ1n) is 7.68. The minimum Gasteiger partial charge on any atom is -0.303 e. The summed E-state index contributed by atoms with van der Waals surface area (Å²) >= 11 is 0. The van der Waals surface area contributed by atoms with Gasteiger partial charge in [0.15, 0.2) is 0 Å². The Bertz CT molecular complexity index is 158. The molecule has 0 aliphatic rings. The Morgan fingerprint density at radius 2 is 1.18 bits per heavy atom. The van der Waals surface area contributed by atoms with E-state index in [0.717, 1.165) is 12.7 Å². The minimum atomic E-state index is -1.11. The van der Waals surface area contributed by atoms with Gasteiger partial charge in [0.25, 0.3) is 0 Å². The lowest BCUT2D eigenvalue weighted by Crippen LogP contribution is -2.33. The molecule has 0 aliphatic heterocycles. The highest BCUT2D eigenvalue weighted by Crippen LogP contribution is 2.32. The Balaban J connectivity index is 4.44. The van der Waals surface area contributed by atoms with Crippen LogP contribution in [0.1, 0.15) is 65.7 Å². The summed E-state index contributed by atoms with van der Waals surface area (Å²) in [5.41, 5.74) is 0. The van der Waals surface area contributed by atoms with Crippen molar-refractivity contribution >= 4 is 14.4 Å². The molecule has 0 radical (unpaired) electrons. The molecular weight excluding hydrogens is 224 g/mol. The predicted molar refractivity (Wildman–Crippen MR) is 80.4 cm³/mol.